The average Bonchev–Trinajstić information content (AvgIpc) is 2.93. The molecule has 0 bridgehead atoms. The van der Waals surface area contributed by atoms with Gasteiger partial charge in [-0.1, -0.05) is 36.4 Å². The number of ketones is 1. The molecule has 0 aliphatic rings. The van der Waals surface area contributed by atoms with Crippen molar-refractivity contribution in [3.8, 4) is 34.5 Å². The van der Waals surface area contributed by atoms with Gasteiger partial charge in [-0.15, -0.1) is 0 Å². The smallest absolute Gasteiger partial charge is 0.203 e. The van der Waals surface area contributed by atoms with Gasteiger partial charge in [0, 0.05) is 17.2 Å². The van der Waals surface area contributed by atoms with Gasteiger partial charge in [0.15, 0.2) is 28.8 Å². The Hall–Kier alpha value is -4.39. The summed E-state index contributed by atoms with van der Waals surface area (Å²) in [7, 11) is 9.40. The number of carbonyl (C=O) groups excluding carboxylic acids is 1. The molecular formula is C29H30O7. The summed E-state index contributed by atoms with van der Waals surface area (Å²) in [5, 5.41) is 0. The zero-order chi connectivity index (χ0) is 26.1. The summed E-state index contributed by atoms with van der Waals surface area (Å²) in [5.41, 5.74) is 3.09. The fraction of sp³-hybridized carbons (Fsp3) is 0.207. The molecule has 0 saturated carbocycles. The lowest BCUT2D eigenvalue weighted by atomic mass is 10.1. The van der Waals surface area contributed by atoms with Gasteiger partial charge in [0.2, 0.25) is 5.75 Å². The van der Waals surface area contributed by atoms with E-state index in [1.165, 1.54) is 6.08 Å². The van der Waals surface area contributed by atoms with E-state index in [0.717, 1.165) is 11.1 Å². The molecule has 0 aliphatic heterocycles. The van der Waals surface area contributed by atoms with E-state index < -0.39 is 0 Å². The molecular weight excluding hydrogens is 460 g/mol. The van der Waals surface area contributed by atoms with Crippen molar-refractivity contribution in [1.82, 2.24) is 0 Å². The average molecular weight is 491 g/mol. The molecule has 0 saturated heterocycles. The van der Waals surface area contributed by atoms with Crippen molar-refractivity contribution in [2.45, 2.75) is 0 Å². The van der Waals surface area contributed by atoms with Gasteiger partial charge in [-0.05, 0) is 41.5 Å². The maximum atomic E-state index is 12.7. The minimum atomic E-state index is -0.132. The lowest BCUT2D eigenvalue weighted by Gasteiger charge is -2.12. The van der Waals surface area contributed by atoms with Gasteiger partial charge < -0.3 is 28.4 Å². The van der Waals surface area contributed by atoms with Crippen LogP contribution in [-0.2, 0) is 0 Å². The Morgan fingerprint density at radius 3 is 1.61 bits per heavy atom. The largest absolute Gasteiger partial charge is 0.496 e. The first-order chi connectivity index (χ1) is 17.5. The Bertz CT molecular complexity index is 1230. The zero-order valence-electron chi connectivity index (χ0n) is 21.3. The Kier molecular flexibility index (Phi) is 9.00. The van der Waals surface area contributed by atoms with E-state index in [1.807, 2.05) is 36.4 Å². The van der Waals surface area contributed by atoms with Crippen LogP contribution in [0.2, 0.25) is 0 Å². The number of ether oxygens (including phenoxy) is 6. The second-order valence-electron chi connectivity index (χ2n) is 7.56. The molecule has 0 spiro atoms. The van der Waals surface area contributed by atoms with E-state index in [2.05, 4.69) is 0 Å². The number of rotatable bonds is 11. The van der Waals surface area contributed by atoms with Crippen LogP contribution >= 0.6 is 0 Å². The second kappa shape index (κ2) is 12.4. The maximum Gasteiger partial charge on any atom is 0.203 e. The first kappa shape index (κ1) is 26.2. The molecule has 3 rings (SSSR count). The van der Waals surface area contributed by atoms with Crippen LogP contribution in [0.25, 0.3) is 18.2 Å². The molecule has 0 fully saturated rings. The molecule has 188 valence electrons. The molecule has 0 atom stereocenters. The van der Waals surface area contributed by atoms with E-state index in [1.54, 1.807) is 73.0 Å². The van der Waals surface area contributed by atoms with Crippen LogP contribution in [0.5, 0.6) is 34.5 Å². The first-order valence-corrected chi connectivity index (χ1v) is 11.1. The minimum absolute atomic E-state index is 0.132. The second-order valence-corrected chi connectivity index (χ2v) is 7.56. The third kappa shape index (κ3) is 5.99. The highest BCUT2D eigenvalue weighted by Gasteiger charge is 2.12. The van der Waals surface area contributed by atoms with Crippen LogP contribution in [0.4, 0.5) is 0 Å². The minimum Gasteiger partial charge on any atom is -0.496 e. The highest BCUT2D eigenvalue weighted by Crippen LogP contribution is 2.39. The molecule has 3 aromatic carbocycles. The van der Waals surface area contributed by atoms with Crippen molar-refractivity contribution in [1.29, 1.82) is 0 Å². The molecule has 0 aromatic heterocycles. The van der Waals surface area contributed by atoms with Gasteiger partial charge >= 0.3 is 0 Å². The van der Waals surface area contributed by atoms with E-state index >= 15 is 0 Å². The highest BCUT2D eigenvalue weighted by molar-refractivity contribution is 6.07. The zero-order valence-corrected chi connectivity index (χ0v) is 21.3. The monoisotopic (exact) mass is 490 g/mol. The molecule has 0 amide bonds. The summed E-state index contributed by atoms with van der Waals surface area (Å²) in [5.74, 6) is 3.24. The van der Waals surface area contributed by atoms with E-state index in [9.17, 15) is 4.79 Å². The van der Waals surface area contributed by atoms with Crippen molar-refractivity contribution in [3.05, 3.63) is 76.9 Å². The lowest BCUT2D eigenvalue weighted by molar-refractivity contribution is 0.104. The van der Waals surface area contributed by atoms with Crippen molar-refractivity contribution < 1.29 is 33.2 Å². The fourth-order valence-corrected chi connectivity index (χ4v) is 3.59. The SMILES string of the molecule is COc1cc(OC)c(OC)cc1/C=C/C(=O)c1ccc(/C=C/c2cc(OC)c(OC)c(OC)c2)cc1. The van der Waals surface area contributed by atoms with Gasteiger partial charge in [-0.25, -0.2) is 0 Å². The van der Waals surface area contributed by atoms with Gasteiger partial charge in [0.1, 0.15) is 5.75 Å². The number of methoxy groups -OCH3 is 6. The van der Waals surface area contributed by atoms with Crippen LogP contribution in [0.1, 0.15) is 27.0 Å². The Balaban J connectivity index is 1.77. The standard InChI is InChI=1S/C29H30O7/c1-31-24-18-26(33-3)25(32-2)17-22(24)13-14-23(30)21-11-9-19(10-12-21)7-8-20-15-27(34-4)29(36-6)28(16-20)35-5/h7-18H,1-6H3/b8-7+,14-13+. The van der Waals surface area contributed by atoms with Crippen molar-refractivity contribution in [2.75, 3.05) is 42.7 Å². The number of hydrogen-bond donors (Lipinski definition) is 0. The number of allylic oxidation sites excluding steroid dienone is 1. The quantitative estimate of drug-likeness (QED) is 0.191. The van der Waals surface area contributed by atoms with E-state index in [-0.39, 0.29) is 5.78 Å². The van der Waals surface area contributed by atoms with Crippen LogP contribution in [-0.4, -0.2) is 48.4 Å². The Morgan fingerprint density at radius 1 is 0.556 bits per heavy atom. The van der Waals surface area contributed by atoms with Crippen molar-refractivity contribution in [2.24, 2.45) is 0 Å². The van der Waals surface area contributed by atoms with Crippen LogP contribution in [0.15, 0.2) is 54.6 Å². The van der Waals surface area contributed by atoms with E-state index in [4.69, 9.17) is 28.4 Å². The fourth-order valence-electron chi connectivity index (χ4n) is 3.59. The summed E-state index contributed by atoms with van der Waals surface area (Å²) < 4.78 is 32.2. The third-order valence-corrected chi connectivity index (χ3v) is 5.50. The number of hydrogen-bond acceptors (Lipinski definition) is 7. The topological polar surface area (TPSA) is 72.5 Å². The molecule has 0 aliphatic carbocycles. The van der Waals surface area contributed by atoms with Crippen LogP contribution in [0.3, 0.4) is 0 Å². The molecule has 0 radical (unpaired) electrons. The van der Waals surface area contributed by atoms with Crippen molar-refractivity contribution >= 4 is 24.0 Å². The highest BCUT2D eigenvalue weighted by atomic mass is 16.5. The first-order valence-electron chi connectivity index (χ1n) is 11.1. The predicted molar refractivity (Wildman–Crippen MR) is 141 cm³/mol. The summed E-state index contributed by atoms with van der Waals surface area (Å²) in [6, 6.07) is 14.5. The molecule has 0 heterocycles. The molecule has 0 unspecified atom stereocenters. The predicted octanol–water partition coefficient (Wildman–Crippen LogP) is 5.80. The molecule has 3 aromatic rings. The Labute approximate surface area is 211 Å². The normalized spacial score (nSPS) is 10.9. The summed E-state index contributed by atoms with van der Waals surface area (Å²) in [6.45, 7) is 0. The molecule has 7 heteroatoms. The molecule has 36 heavy (non-hydrogen) atoms. The number of benzene rings is 3. The number of carbonyl (C=O) groups is 1. The summed E-state index contributed by atoms with van der Waals surface area (Å²) >= 11 is 0. The molecule has 0 N–H and O–H groups in total. The van der Waals surface area contributed by atoms with Gasteiger partial charge in [-0.2, -0.15) is 0 Å². The lowest BCUT2D eigenvalue weighted by Crippen LogP contribution is -1.96. The van der Waals surface area contributed by atoms with Gasteiger partial charge in [0.05, 0.1) is 42.7 Å². The van der Waals surface area contributed by atoms with Gasteiger partial charge in [-0.3, -0.25) is 4.79 Å². The maximum absolute atomic E-state index is 12.7. The summed E-state index contributed by atoms with van der Waals surface area (Å²) in [4.78, 5) is 12.7. The summed E-state index contributed by atoms with van der Waals surface area (Å²) in [6.07, 6.45) is 7.08. The van der Waals surface area contributed by atoms with Crippen LogP contribution in [0, 0.1) is 0 Å². The third-order valence-electron chi connectivity index (χ3n) is 5.50. The van der Waals surface area contributed by atoms with Gasteiger partial charge in [0.25, 0.3) is 0 Å². The van der Waals surface area contributed by atoms with Crippen LogP contribution < -0.4 is 28.4 Å². The Morgan fingerprint density at radius 2 is 1.08 bits per heavy atom. The molecule has 7 nitrogen and oxygen atoms in total. The van der Waals surface area contributed by atoms with E-state index in [0.29, 0.717) is 45.6 Å². The van der Waals surface area contributed by atoms with Crippen molar-refractivity contribution in [3.63, 3.8) is 0 Å².